The fraction of sp³-hybridized carbons (Fsp3) is 0.500. The minimum atomic E-state index is -0.0782. The smallest absolute Gasteiger partial charge is 0.257 e. The Labute approximate surface area is 172 Å². The third-order valence-electron chi connectivity index (χ3n) is 6.44. The molecule has 2 aromatic rings. The lowest BCUT2D eigenvalue weighted by Crippen LogP contribution is -2.48. The highest BCUT2D eigenvalue weighted by Crippen LogP contribution is 2.26. The van der Waals surface area contributed by atoms with Gasteiger partial charge >= 0.3 is 0 Å². The summed E-state index contributed by atoms with van der Waals surface area (Å²) in [4.78, 5) is 29.7. The molecule has 0 radical (unpaired) electrons. The first-order chi connectivity index (χ1) is 14.1. The minimum Gasteiger partial charge on any atom is -0.469 e. The van der Waals surface area contributed by atoms with Gasteiger partial charge in [0.05, 0.1) is 17.7 Å². The maximum atomic E-state index is 13.1. The van der Waals surface area contributed by atoms with Gasteiger partial charge in [0.1, 0.15) is 5.76 Å². The zero-order valence-corrected chi connectivity index (χ0v) is 17.2. The van der Waals surface area contributed by atoms with Crippen LogP contribution in [-0.2, 0) is 11.2 Å². The molecule has 0 bridgehead atoms. The van der Waals surface area contributed by atoms with E-state index in [0.717, 1.165) is 45.2 Å². The molecule has 1 aromatic carbocycles. The van der Waals surface area contributed by atoms with Crippen molar-refractivity contribution >= 4 is 11.8 Å². The largest absolute Gasteiger partial charge is 0.469 e. The van der Waals surface area contributed by atoms with Crippen molar-refractivity contribution in [1.82, 2.24) is 9.80 Å². The predicted octanol–water partition coefficient (Wildman–Crippen LogP) is 3.92. The molecular weight excluding hydrogens is 364 g/mol. The monoisotopic (exact) mass is 394 g/mol. The highest BCUT2D eigenvalue weighted by molar-refractivity contribution is 5.95. The second-order valence-corrected chi connectivity index (χ2v) is 8.44. The van der Waals surface area contributed by atoms with Crippen LogP contribution in [0.4, 0.5) is 0 Å². The lowest BCUT2D eigenvalue weighted by Gasteiger charge is -2.38. The van der Waals surface area contributed by atoms with E-state index in [-0.39, 0.29) is 17.7 Å². The Balaban J connectivity index is 1.30. The summed E-state index contributed by atoms with van der Waals surface area (Å²) in [5.74, 6) is 1.42. The van der Waals surface area contributed by atoms with E-state index in [1.807, 2.05) is 9.80 Å². The molecular formula is C24H30N2O3. The fourth-order valence-corrected chi connectivity index (χ4v) is 4.70. The molecule has 2 aliphatic rings. The molecule has 154 valence electrons. The first kappa shape index (κ1) is 19.7. The molecule has 2 fully saturated rings. The van der Waals surface area contributed by atoms with E-state index in [1.165, 1.54) is 5.56 Å². The first-order valence-corrected chi connectivity index (χ1v) is 10.8. The van der Waals surface area contributed by atoms with Gasteiger partial charge in [-0.1, -0.05) is 30.3 Å². The molecule has 1 aromatic heterocycles. The molecule has 2 amide bonds. The molecule has 0 aliphatic carbocycles. The van der Waals surface area contributed by atoms with Crippen molar-refractivity contribution in [2.75, 3.05) is 26.2 Å². The van der Waals surface area contributed by atoms with Crippen LogP contribution in [0.5, 0.6) is 0 Å². The van der Waals surface area contributed by atoms with Crippen LogP contribution in [0.2, 0.25) is 0 Å². The maximum Gasteiger partial charge on any atom is 0.257 e. The Morgan fingerprint density at radius 1 is 1.00 bits per heavy atom. The average molecular weight is 395 g/mol. The van der Waals surface area contributed by atoms with Crippen molar-refractivity contribution < 1.29 is 14.0 Å². The van der Waals surface area contributed by atoms with Gasteiger partial charge in [-0.2, -0.15) is 0 Å². The van der Waals surface area contributed by atoms with Crippen molar-refractivity contribution in [3.8, 4) is 0 Å². The highest BCUT2D eigenvalue weighted by atomic mass is 16.3. The molecule has 5 heteroatoms. The van der Waals surface area contributed by atoms with Gasteiger partial charge in [-0.25, -0.2) is 0 Å². The van der Waals surface area contributed by atoms with Gasteiger partial charge in [0, 0.05) is 26.2 Å². The summed E-state index contributed by atoms with van der Waals surface area (Å²) in [6, 6.07) is 12.3. The number of amides is 2. The fourth-order valence-electron chi connectivity index (χ4n) is 4.70. The van der Waals surface area contributed by atoms with Gasteiger partial charge in [-0.05, 0) is 56.6 Å². The van der Waals surface area contributed by atoms with E-state index in [0.29, 0.717) is 30.3 Å². The molecule has 0 N–H and O–H groups in total. The summed E-state index contributed by atoms with van der Waals surface area (Å²) in [6.07, 6.45) is 6.52. The number of furan rings is 1. The number of benzene rings is 1. The predicted molar refractivity (Wildman–Crippen MR) is 112 cm³/mol. The Morgan fingerprint density at radius 2 is 1.76 bits per heavy atom. The van der Waals surface area contributed by atoms with Crippen LogP contribution in [0.25, 0.3) is 0 Å². The third kappa shape index (κ3) is 4.55. The maximum absolute atomic E-state index is 13.1. The molecule has 2 aliphatic heterocycles. The molecule has 3 heterocycles. The summed E-state index contributed by atoms with van der Waals surface area (Å²) >= 11 is 0. The van der Waals surface area contributed by atoms with Gasteiger partial charge < -0.3 is 14.2 Å². The van der Waals surface area contributed by atoms with E-state index in [4.69, 9.17) is 4.42 Å². The average Bonchev–Trinajstić information content (AvgIpc) is 3.20. The number of hydrogen-bond acceptors (Lipinski definition) is 3. The summed E-state index contributed by atoms with van der Waals surface area (Å²) in [5, 5.41) is 0. The van der Waals surface area contributed by atoms with Gasteiger partial charge in [-0.15, -0.1) is 0 Å². The van der Waals surface area contributed by atoms with Crippen LogP contribution in [0.1, 0.15) is 47.4 Å². The zero-order valence-electron chi connectivity index (χ0n) is 17.2. The van der Waals surface area contributed by atoms with E-state index >= 15 is 0 Å². The Bertz CT molecular complexity index is 837. The lowest BCUT2D eigenvalue weighted by atomic mass is 9.89. The van der Waals surface area contributed by atoms with Crippen LogP contribution < -0.4 is 0 Å². The summed E-state index contributed by atoms with van der Waals surface area (Å²) in [6.45, 7) is 4.71. The van der Waals surface area contributed by atoms with Crippen molar-refractivity contribution in [3.05, 3.63) is 59.5 Å². The first-order valence-electron chi connectivity index (χ1n) is 10.8. The topological polar surface area (TPSA) is 53.8 Å². The zero-order chi connectivity index (χ0) is 20.2. The molecule has 0 spiro atoms. The van der Waals surface area contributed by atoms with Crippen LogP contribution in [0.15, 0.2) is 47.1 Å². The van der Waals surface area contributed by atoms with E-state index < -0.39 is 0 Å². The lowest BCUT2D eigenvalue weighted by molar-refractivity contribution is -0.138. The summed E-state index contributed by atoms with van der Waals surface area (Å²) in [5.41, 5.74) is 1.99. The number of rotatable bonds is 4. The van der Waals surface area contributed by atoms with Crippen LogP contribution in [0.3, 0.4) is 0 Å². The Kier molecular flexibility index (Phi) is 6.02. The van der Waals surface area contributed by atoms with E-state index in [9.17, 15) is 9.59 Å². The van der Waals surface area contributed by atoms with Crippen LogP contribution in [-0.4, -0.2) is 47.8 Å². The summed E-state index contributed by atoms with van der Waals surface area (Å²) < 4.78 is 5.28. The van der Waals surface area contributed by atoms with E-state index in [2.05, 4.69) is 30.3 Å². The number of carbonyl (C=O) groups is 2. The molecule has 29 heavy (non-hydrogen) atoms. The normalized spacial score (nSPS) is 20.7. The minimum absolute atomic E-state index is 0.0182. The molecule has 4 rings (SSSR count). The second-order valence-electron chi connectivity index (χ2n) is 8.44. The van der Waals surface area contributed by atoms with Crippen LogP contribution in [0, 0.1) is 18.8 Å². The molecule has 1 unspecified atom stereocenters. The Morgan fingerprint density at radius 3 is 2.45 bits per heavy atom. The quantitative estimate of drug-likeness (QED) is 0.790. The van der Waals surface area contributed by atoms with Gasteiger partial charge in [0.2, 0.25) is 5.91 Å². The second kappa shape index (κ2) is 8.85. The number of piperidine rings is 2. The SMILES string of the molecule is Cc1occc1C(=O)N1CCCC(C(=O)N2CCC(Cc3ccccc3)CC2)C1. The number of aryl methyl sites for hydroxylation is 1. The standard InChI is InChI=1S/C24H30N2O3/c1-18-22(11-15-29-18)24(28)26-12-5-8-21(17-26)23(27)25-13-9-20(10-14-25)16-19-6-3-2-4-7-19/h2-4,6-7,11,15,20-21H,5,8-10,12-14,16-17H2,1H3. The van der Waals surface area contributed by atoms with Gasteiger partial charge in [0.15, 0.2) is 0 Å². The van der Waals surface area contributed by atoms with Crippen molar-refractivity contribution in [1.29, 1.82) is 0 Å². The number of likely N-dealkylation sites (tertiary alicyclic amines) is 2. The Hall–Kier alpha value is -2.56. The third-order valence-corrected chi connectivity index (χ3v) is 6.44. The van der Waals surface area contributed by atoms with Crippen molar-refractivity contribution in [3.63, 3.8) is 0 Å². The molecule has 2 saturated heterocycles. The van der Waals surface area contributed by atoms with Gasteiger partial charge in [-0.3, -0.25) is 9.59 Å². The number of carbonyl (C=O) groups excluding carboxylic acids is 2. The van der Waals surface area contributed by atoms with Crippen LogP contribution >= 0.6 is 0 Å². The molecule has 0 saturated carbocycles. The number of nitrogens with zero attached hydrogens (tertiary/aromatic N) is 2. The van der Waals surface area contributed by atoms with Crippen molar-refractivity contribution in [2.45, 2.75) is 39.0 Å². The summed E-state index contributed by atoms with van der Waals surface area (Å²) in [7, 11) is 0. The highest BCUT2D eigenvalue weighted by Gasteiger charge is 2.33. The van der Waals surface area contributed by atoms with Gasteiger partial charge in [0.25, 0.3) is 5.91 Å². The molecule has 1 atom stereocenters. The van der Waals surface area contributed by atoms with Crippen molar-refractivity contribution in [2.24, 2.45) is 11.8 Å². The van der Waals surface area contributed by atoms with E-state index in [1.54, 1.807) is 19.3 Å². The molecule has 5 nitrogen and oxygen atoms in total. The number of hydrogen-bond donors (Lipinski definition) is 0.